The molecule has 2 rings (SSSR count). The Morgan fingerprint density at radius 1 is 1.62 bits per heavy atom. The van der Waals surface area contributed by atoms with Gasteiger partial charge < -0.3 is 20.5 Å². The highest BCUT2D eigenvalue weighted by molar-refractivity contribution is 7.47. The first-order valence-corrected chi connectivity index (χ1v) is 8.62. The third-order valence-electron chi connectivity index (χ3n) is 3.14. The molecule has 0 aromatic carbocycles. The minimum absolute atomic E-state index is 0.00474. The van der Waals surface area contributed by atoms with Crippen molar-refractivity contribution in [3.05, 3.63) is 22.5 Å². The van der Waals surface area contributed by atoms with Crippen LogP contribution in [0.5, 0.6) is 0 Å². The Labute approximate surface area is 136 Å². The topological polar surface area (TPSA) is 146 Å². The molecule has 0 spiro atoms. The van der Waals surface area contributed by atoms with E-state index in [2.05, 4.69) is 4.98 Å². The van der Waals surface area contributed by atoms with Gasteiger partial charge in [-0.15, -0.1) is 0 Å². The number of hydrogen-bond donors (Lipinski definition) is 3. The summed E-state index contributed by atoms with van der Waals surface area (Å²) in [6.45, 7) is 2.77. The fourth-order valence-electron chi connectivity index (χ4n) is 2.20. The SMILES string of the molecule is CC(C)OP(=O)(O)OCC1CC(O)C(n2cc(F)c(N)nc2=O)O1. The van der Waals surface area contributed by atoms with Gasteiger partial charge in [-0.25, -0.2) is 13.8 Å². The lowest BCUT2D eigenvalue weighted by Gasteiger charge is -2.18. The summed E-state index contributed by atoms with van der Waals surface area (Å²) in [6.07, 6.45) is -2.91. The number of aliphatic hydroxyl groups is 1. The van der Waals surface area contributed by atoms with Gasteiger partial charge in [0.1, 0.15) is 6.10 Å². The molecule has 10 nitrogen and oxygen atoms in total. The molecule has 1 aliphatic rings. The lowest BCUT2D eigenvalue weighted by atomic mass is 10.2. The van der Waals surface area contributed by atoms with Crippen molar-refractivity contribution in [2.75, 3.05) is 12.3 Å². The number of ether oxygens (including phenoxy) is 1. The van der Waals surface area contributed by atoms with Crippen molar-refractivity contribution < 1.29 is 32.7 Å². The van der Waals surface area contributed by atoms with Gasteiger partial charge in [0.25, 0.3) is 0 Å². The number of nitrogens with zero attached hydrogens (tertiary/aromatic N) is 2. The van der Waals surface area contributed by atoms with Crippen LogP contribution in [0.2, 0.25) is 0 Å². The lowest BCUT2D eigenvalue weighted by molar-refractivity contribution is -0.0541. The van der Waals surface area contributed by atoms with Crippen LogP contribution in [0, 0.1) is 5.82 Å². The van der Waals surface area contributed by atoms with Crippen molar-refractivity contribution in [1.82, 2.24) is 9.55 Å². The zero-order valence-electron chi connectivity index (χ0n) is 13.0. The smallest absolute Gasteiger partial charge is 0.388 e. The fraction of sp³-hybridized carbons (Fsp3) is 0.667. The molecule has 0 bridgehead atoms. The van der Waals surface area contributed by atoms with Crippen LogP contribution in [0.3, 0.4) is 0 Å². The second kappa shape index (κ2) is 7.26. The molecule has 0 radical (unpaired) electrons. The number of nitrogens with two attached hydrogens (primary N) is 1. The zero-order chi connectivity index (χ0) is 18.1. The molecule has 1 aromatic rings. The molecule has 1 fully saturated rings. The van der Waals surface area contributed by atoms with Gasteiger partial charge in [-0.3, -0.25) is 13.6 Å². The average molecular weight is 367 g/mol. The highest BCUT2D eigenvalue weighted by Gasteiger charge is 2.38. The molecule has 12 heteroatoms. The molecular formula is C12H19FN3O7P. The van der Waals surface area contributed by atoms with Crippen molar-refractivity contribution >= 4 is 13.6 Å². The highest BCUT2D eigenvalue weighted by atomic mass is 31.2. The summed E-state index contributed by atoms with van der Waals surface area (Å²) in [6, 6.07) is 0. The molecule has 1 aromatic heterocycles. The molecule has 24 heavy (non-hydrogen) atoms. The largest absolute Gasteiger partial charge is 0.472 e. The lowest BCUT2D eigenvalue weighted by Crippen LogP contribution is -2.32. The van der Waals surface area contributed by atoms with Crippen LogP contribution in [0.1, 0.15) is 26.5 Å². The summed E-state index contributed by atoms with van der Waals surface area (Å²) in [4.78, 5) is 24.5. The minimum atomic E-state index is -4.26. The van der Waals surface area contributed by atoms with E-state index in [4.69, 9.17) is 19.5 Å². The predicted octanol–water partition coefficient (Wildman–Crippen LogP) is 0.155. The first-order valence-electron chi connectivity index (χ1n) is 7.12. The summed E-state index contributed by atoms with van der Waals surface area (Å²) >= 11 is 0. The van der Waals surface area contributed by atoms with E-state index in [0.717, 1.165) is 10.8 Å². The Kier molecular flexibility index (Phi) is 5.74. The molecule has 0 aliphatic carbocycles. The summed E-state index contributed by atoms with van der Waals surface area (Å²) < 4.78 is 40.7. The van der Waals surface area contributed by atoms with E-state index in [1.165, 1.54) is 0 Å². The van der Waals surface area contributed by atoms with E-state index in [1.54, 1.807) is 13.8 Å². The Morgan fingerprint density at radius 3 is 2.92 bits per heavy atom. The van der Waals surface area contributed by atoms with Crippen LogP contribution in [0.15, 0.2) is 11.0 Å². The van der Waals surface area contributed by atoms with Gasteiger partial charge in [0, 0.05) is 6.42 Å². The summed E-state index contributed by atoms with van der Waals surface area (Å²) in [5.41, 5.74) is 4.30. The predicted molar refractivity (Wildman–Crippen MR) is 79.4 cm³/mol. The number of rotatable bonds is 6. The number of nitrogen functional groups attached to an aromatic ring is 1. The molecular weight excluding hydrogens is 348 g/mol. The number of aliphatic hydroxyl groups excluding tert-OH is 1. The number of hydrogen-bond acceptors (Lipinski definition) is 8. The maximum Gasteiger partial charge on any atom is 0.472 e. The van der Waals surface area contributed by atoms with Crippen LogP contribution >= 0.6 is 7.82 Å². The van der Waals surface area contributed by atoms with E-state index >= 15 is 0 Å². The molecule has 4 unspecified atom stereocenters. The molecule has 1 saturated heterocycles. The van der Waals surface area contributed by atoms with Crippen molar-refractivity contribution in [2.45, 2.75) is 44.8 Å². The number of aromatic nitrogens is 2. The van der Waals surface area contributed by atoms with Crippen molar-refractivity contribution in [3.63, 3.8) is 0 Å². The molecule has 4 atom stereocenters. The van der Waals surface area contributed by atoms with E-state index in [0.29, 0.717) is 0 Å². The van der Waals surface area contributed by atoms with Crippen LogP contribution < -0.4 is 11.4 Å². The molecule has 2 heterocycles. The Balaban J connectivity index is 2.04. The van der Waals surface area contributed by atoms with Crippen LogP contribution in [0.4, 0.5) is 10.2 Å². The second-order valence-electron chi connectivity index (χ2n) is 5.53. The van der Waals surface area contributed by atoms with Gasteiger partial charge in [0.15, 0.2) is 17.9 Å². The third kappa shape index (κ3) is 4.59. The van der Waals surface area contributed by atoms with E-state index in [-0.39, 0.29) is 13.0 Å². The zero-order valence-corrected chi connectivity index (χ0v) is 13.9. The summed E-state index contributed by atoms with van der Waals surface area (Å²) in [5.74, 6) is -1.49. The molecule has 0 saturated carbocycles. The number of phosphoric acid groups is 1. The third-order valence-corrected chi connectivity index (χ3v) is 4.30. The molecule has 0 amide bonds. The van der Waals surface area contributed by atoms with E-state index < -0.39 is 49.7 Å². The van der Waals surface area contributed by atoms with Gasteiger partial charge >= 0.3 is 13.5 Å². The summed E-state index contributed by atoms with van der Waals surface area (Å²) in [5, 5.41) is 9.99. The average Bonchev–Trinajstić information content (AvgIpc) is 2.80. The Bertz CT molecular complexity index is 698. The van der Waals surface area contributed by atoms with Crippen molar-refractivity contribution in [1.29, 1.82) is 0 Å². The normalized spacial score (nSPS) is 26.7. The van der Waals surface area contributed by atoms with Gasteiger partial charge in [0.2, 0.25) is 0 Å². The maximum absolute atomic E-state index is 13.5. The monoisotopic (exact) mass is 367 g/mol. The van der Waals surface area contributed by atoms with E-state index in [9.17, 15) is 23.7 Å². The van der Waals surface area contributed by atoms with E-state index in [1.807, 2.05) is 0 Å². The highest BCUT2D eigenvalue weighted by Crippen LogP contribution is 2.45. The van der Waals surface area contributed by atoms with Gasteiger partial charge in [0.05, 0.1) is 25.0 Å². The fourth-order valence-corrected chi connectivity index (χ4v) is 3.15. The Hall–Kier alpha value is -1.36. The quantitative estimate of drug-likeness (QED) is 0.598. The minimum Gasteiger partial charge on any atom is -0.388 e. The first-order chi connectivity index (χ1) is 11.1. The first kappa shape index (κ1) is 19.0. The van der Waals surface area contributed by atoms with Crippen molar-refractivity contribution in [2.24, 2.45) is 0 Å². The number of anilines is 1. The van der Waals surface area contributed by atoms with Crippen LogP contribution in [-0.4, -0.2) is 44.5 Å². The molecule has 1 aliphatic heterocycles. The second-order valence-corrected chi connectivity index (χ2v) is 6.94. The summed E-state index contributed by atoms with van der Waals surface area (Å²) in [7, 11) is -4.26. The molecule has 136 valence electrons. The maximum atomic E-state index is 13.5. The van der Waals surface area contributed by atoms with Crippen LogP contribution in [0.25, 0.3) is 0 Å². The number of phosphoric ester groups is 1. The molecule has 4 N–H and O–H groups in total. The van der Waals surface area contributed by atoms with Gasteiger partial charge in [-0.05, 0) is 13.8 Å². The van der Waals surface area contributed by atoms with Gasteiger partial charge in [-0.2, -0.15) is 4.98 Å². The number of halogens is 1. The van der Waals surface area contributed by atoms with Crippen LogP contribution in [-0.2, 0) is 18.3 Å². The van der Waals surface area contributed by atoms with Gasteiger partial charge in [-0.1, -0.05) is 0 Å². The Morgan fingerprint density at radius 2 is 2.29 bits per heavy atom. The standard InChI is InChI=1S/C12H19FN3O7P/c1-6(2)23-24(19,20)21-5-7-3-9(17)11(22-7)16-4-8(13)10(14)15-12(16)18/h4,6-7,9,11,17H,3,5H2,1-2H3,(H,19,20)(H2,14,15,18). The van der Waals surface area contributed by atoms with Crippen molar-refractivity contribution in [3.8, 4) is 0 Å².